The third-order valence-corrected chi connectivity index (χ3v) is 4.48. The van der Waals surface area contributed by atoms with Crippen molar-refractivity contribution in [3.05, 3.63) is 29.8 Å². The summed E-state index contributed by atoms with van der Waals surface area (Å²) in [4.78, 5) is 25.7. The van der Waals surface area contributed by atoms with E-state index in [9.17, 15) is 19.8 Å². The Morgan fingerprint density at radius 1 is 1.22 bits per heavy atom. The van der Waals surface area contributed by atoms with E-state index >= 15 is 0 Å². The number of rotatable bonds is 7. The predicted molar refractivity (Wildman–Crippen MR) is 88.6 cm³/mol. The third-order valence-electron chi connectivity index (χ3n) is 4.48. The summed E-state index contributed by atoms with van der Waals surface area (Å²) in [6.07, 6.45) is 2.79. The lowest BCUT2D eigenvalue weighted by Crippen LogP contribution is -2.39. The number of fused-ring (bicyclic) bond motifs is 1. The number of para-hydroxylation sites is 1. The van der Waals surface area contributed by atoms with Crippen LogP contribution in [0.3, 0.4) is 0 Å². The molecule has 0 saturated carbocycles. The van der Waals surface area contributed by atoms with Gasteiger partial charge in [0.2, 0.25) is 5.91 Å². The Bertz CT molecular complexity index is 578. The molecule has 0 spiro atoms. The van der Waals surface area contributed by atoms with E-state index < -0.39 is 17.5 Å². The van der Waals surface area contributed by atoms with Crippen LogP contribution in [0.2, 0.25) is 0 Å². The average Bonchev–Trinajstić information content (AvgIpc) is 2.87. The van der Waals surface area contributed by atoms with Gasteiger partial charge < -0.3 is 15.1 Å². The van der Waals surface area contributed by atoms with E-state index in [2.05, 4.69) is 0 Å². The van der Waals surface area contributed by atoms with E-state index in [1.807, 2.05) is 13.8 Å². The number of carbonyl (C=O) groups excluding carboxylic acids is 1. The van der Waals surface area contributed by atoms with Gasteiger partial charge in [-0.15, -0.1) is 0 Å². The third kappa shape index (κ3) is 3.72. The first kappa shape index (κ1) is 17.5. The maximum Gasteiger partial charge on any atom is 0.312 e. The number of carboxylic acid groups (broad SMARTS) is 1. The molecule has 1 unspecified atom stereocenters. The summed E-state index contributed by atoms with van der Waals surface area (Å²) < 4.78 is 0. The fraction of sp³-hybridized carbons (Fsp3) is 0.556. The number of benzene rings is 1. The van der Waals surface area contributed by atoms with Crippen molar-refractivity contribution < 1.29 is 19.8 Å². The van der Waals surface area contributed by atoms with Crippen molar-refractivity contribution in [2.75, 3.05) is 11.4 Å². The minimum atomic E-state index is -1.00. The van der Waals surface area contributed by atoms with Crippen LogP contribution in [-0.2, 0) is 9.59 Å². The molecule has 2 rings (SSSR count). The number of carbonyl (C=O) groups is 2. The fourth-order valence-corrected chi connectivity index (χ4v) is 3.46. The minimum Gasteiger partial charge on any atom is -0.481 e. The van der Waals surface area contributed by atoms with Gasteiger partial charge in [-0.25, -0.2) is 0 Å². The van der Waals surface area contributed by atoms with Crippen molar-refractivity contribution in [1.82, 2.24) is 0 Å². The highest BCUT2D eigenvalue weighted by molar-refractivity contribution is 5.99. The molecule has 0 bridgehead atoms. The monoisotopic (exact) mass is 319 g/mol. The topological polar surface area (TPSA) is 77.8 Å². The Kier molecular flexibility index (Phi) is 5.42. The van der Waals surface area contributed by atoms with Crippen LogP contribution >= 0.6 is 0 Å². The van der Waals surface area contributed by atoms with E-state index in [1.165, 1.54) is 4.90 Å². The molecule has 0 aliphatic carbocycles. The van der Waals surface area contributed by atoms with Gasteiger partial charge in [-0.3, -0.25) is 9.59 Å². The summed E-state index contributed by atoms with van der Waals surface area (Å²) in [5, 5.41) is 20.1. The van der Waals surface area contributed by atoms with Gasteiger partial charge >= 0.3 is 5.97 Å². The summed E-state index contributed by atoms with van der Waals surface area (Å²) in [5.74, 6) is -1.82. The highest BCUT2D eigenvalue weighted by atomic mass is 16.4. The number of carboxylic acids is 1. The number of aliphatic hydroxyl groups is 1. The van der Waals surface area contributed by atoms with Crippen molar-refractivity contribution in [2.45, 2.75) is 57.5 Å². The summed E-state index contributed by atoms with van der Waals surface area (Å²) in [6, 6.07) is 7.11. The van der Waals surface area contributed by atoms with Crippen molar-refractivity contribution in [2.24, 2.45) is 0 Å². The molecule has 1 heterocycles. The van der Waals surface area contributed by atoms with Crippen LogP contribution in [0.1, 0.15) is 57.4 Å². The van der Waals surface area contributed by atoms with Crippen molar-refractivity contribution in [3.63, 3.8) is 0 Å². The molecule has 0 aromatic heterocycles. The van der Waals surface area contributed by atoms with Crippen LogP contribution in [0.4, 0.5) is 5.69 Å². The molecule has 1 atom stereocenters. The largest absolute Gasteiger partial charge is 0.481 e. The molecule has 1 aromatic carbocycles. The predicted octanol–water partition coefficient (Wildman–Crippen LogP) is 2.92. The van der Waals surface area contributed by atoms with E-state index in [0.29, 0.717) is 24.1 Å². The number of nitrogens with zero attached hydrogens (tertiary/aromatic N) is 1. The fourth-order valence-electron chi connectivity index (χ4n) is 3.46. The summed E-state index contributed by atoms with van der Waals surface area (Å²) in [6.45, 7) is 4.11. The highest BCUT2D eigenvalue weighted by Gasteiger charge is 2.38. The van der Waals surface area contributed by atoms with Gasteiger partial charge in [0.15, 0.2) is 0 Å². The van der Waals surface area contributed by atoms with Crippen molar-refractivity contribution >= 4 is 17.6 Å². The molecular formula is C18H25NO4. The smallest absolute Gasteiger partial charge is 0.312 e. The second-order valence-electron chi connectivity index (χ2n) is 6.36. The van der Waals surface area contributed by atoms with Gasteiger partial charge in [0, 0.05) is 12.2 Å². The second-order valence-corrected chi connectivity index (χ2v) is 6.36. The molecule has 5 nitrogen and oxygen atoms in total. The Balaban J connectivity index is 2.22. The molecule has 126 valence electrons. The SMILES string of the molecule is CCCC(O)(CCC)CC(=O)N1CC(C(=O)O)c2ccccc21. The maximum absolute atomic E-state index is 12.7. The molecule has 1 amide bonds. The quantitative estimate of drug-likeness (QED) is 0.810. The lowest BCUT2D eigenvalue weighted by molar-refractivity contribution is -0.138. The van der Waals surface area contributed by atoms with Crippen LogP contribution < -0.4 is 4.90 Å². The van der Waals surface area contributed by atoms with Gasteiger partial charge in [0.05, 0.1) is 12.0 Å². The Labute approximate surface area is 136 Å². The van der Waals surface area contributed by atoms with Gasteiger partial charge in [0.1, 0.15) is 5.92 Å². The molecule has 1 aliphatic rings. The standard InChI is InChI=1S/C18H25NO4/c1-3-9-18(23,10-4-2)11-16(20)19-12-14(17(21)22)13-7-5-6-8-15(13)19/h5-8,14,23H,3-4,9-12H2,1-2H3,(H,21,22). The zero-order valence-corrected chi connectivity index (χ0v) is 13.8. The highest BCUT2D eigenvalue weighted by Crippen LogP contribution is 2.37. The molecule has 23 heavy (non-hydrogen) atoms. The molecular weight excluding hydrogens is 294 g/mol. The van der Waals surface area contributed by atoms with Crippen LogP contribution in [-0.4, -0.2) is 34.2 Å². The number of hydrogen-bond acceptors (Lipinski definition) is 3. The molecule has 2 N–H and O–H groups in total. The maximum atomic E-state index is 12.7. The zero-order valence-electron chi connectivity index (χ0n) is 13.8. The Morgan fingerprint density at radius 2 is 1.83 bits per heavy atom. The lowest BCUT2D eigenvalue weighted by Gasteiger charge is -2.29. The summed E-state index contributed by atoms with van der Waals surface area (Å²) in [7, 11) is 0. The first-order valence-corrected chi connectivity index (χ1v) is 8.26. The van der Waals surface area contributed by atoms with Gasteiger partial charge in [-0.1, -0.05) is 44.9 Å². The zero-order chi connectivity index (χ0) is 17.0. The Morgan fingerprint density at radius 3 is 2.39 bits per heavy atom. The number of anilines is 1. The van der Waals surface area contributed by atoms with Crippen molar-refractivity contribution in [1.29, 1.82) is 0 Å². The van der Waals surface area contributed by atoms with Crippen LogP contribution in [0, 0.1) is 0 Å². The molecule has 1 aliphatic heterocycles. The van der Waals surface area contributed by atoms with E-state index in [-0.39, 0.29) is 18.9 Å². The number of hydrogen-bond donors (Lipinski definition) is 2. The van der Waals surface area contributed by atoms with Crippen molar-refractivity contribution in [3.8, 4) is 0 Å². The van der Waals surface area contributed by atoms with E-state index in [1.54, 1.807) is 24.3 Å². The lowest BCUT2D eigenvalue weighted by atomic mass is 9.89. The van der Waals surface area contributed by atoms with E-state index in [0.717, 1.165) is 12.8 Å². The molecule has 0 saturated heterocycles. The van der Waals surface area contributed by atoms with Crippen LogP contribution in [0.5, 0.6) is 0 Å². The Hall–Kier alpha value is -1.88. The summed E-state index contributed by atoms with van der Waals surface area (Å²) >= 11 is 0. The van der Waals surface area contributed by atoms with Gasteiger partial charge in [0.25, 0.3) is 0 Å². The summed E-state index contributed by atoms with van der Waals surface area (Å²) in [5.41, 5.74) is 0.319. The molecule has 5 heteroatoms. The normalized spacial score (nSPS) is 17.2. The van der Waals surface area contributed by atoms with E-state index in [4.69, 9.17) is 0 Å². The molecule has 0 fully saturated rings. The average molecular weight is 319 g/mol. The van der Waals surface area contributed by atoms with Gasteiger partial charge in [-0.05, 0) is 24.5 Å². The van der Waals surface area contributed by atoms with Crippen LogP contribution in [0.15, 0.2) is 24.3 Å². The van der Waals surface area contributed by atoms with Gasteiger partial charge in [-0.2, -0.15) is 0 Å². The minimum absolute atomic E-state index is 0.0371. The van der Waals surface area contributed by atoms with Crippen LogP contribution in [0.25, 0.3) is 0 Å². The number of amides is 1. The first-order chi connectivity index (χ1) is 10.9. The molecule has 1 aromatic rings. The second kappa shape index (κ2) is 7.13. The first-order valence-electron chi connectivity index (χ1n) is 8.26. The molecule has 0 radical (unpaired) electrons. The number of aliphatic carboxylic acids is 1.